The Hall–Kier alpha value is -1.63. The van der Waals surface area contributed by atoms with Crippen LogP contribution < -0.4 is 10.5 Å². The van der Waals surface area contributed by atoms with Crippen LogP contribution in [0, 0.1) is 0 Å². The van der Waals surface area contributed by atoms with Gasteiger partial charge >= 0.3 is 0 Å². The second-order valence-electron chi connectivity index (χ2n) is 3.95. The molecule has 2 aromatic carbocycles. The minimum atomic E-state index is -3.93. The van der Waals surface area contributed by atoms with Gasteiger partial charge in [0.05, 0.1) is 16.4 Å². The molecule has 0 aromatic heterocycles. The summed E-state index contributed by atoms with van der Waals surface area (Å²) in [5, 5.41) is 9.52. The third-order valence-electron chi connectivity index (χ3n) is 2.46. The van der Waals surface area contributed by atoms with E-state index >= 15 is 0 Å². The summed E-state index contributed by atoms with van der Waals surface area (Å²) in [7, 11) is -3.93. The van der Waals surface area contributed by atoms with Gasteiger partial charge in [0, 0.05) is 11.1 Å². The van der Waals surface area contributed by atoms with E-state index < -0.39 is 10.0 Å². The van der Waals surface area contributed by atoms with E-state index in [4.69, 9.17) is 28.9 Å². The van der Waals surface area contributed by atoms with Crippen molar-refractivity contribution in [1.29, 1.82) is 0 Å². The molecule has 0 amide bonds. The smallest absolute Gasteiger partial charge is 0.263 e. The summed E-state index contributed by atoms with van der Waals surface area (Å²) in [4.78, 5) is -0.154. The van der Waals surface area contributed by atoms with E-state index in [9.17, 15) is 13.5 Å². The second-order valence-corrected chi connectivity index (χ2v) is 6.45. The van der Waals surface area contributed by atoms with Gasteiger partial charge in [0.2, 0.25) is 0 Å². The number of aromatic hydroxyl groups is 1. The van der Waals surface area contributed by atoms with Crippen molar-refractivity contribution in [2.75, 3.05) is 10.5 Å². The molecule has 0 aliphatic rings. The number of nitrogen functional groups attached to an aromatic ring is 1. The average Bonchev–Trinajstić information content (AvgIpc) is 2.35. The SMILES string of the molecule is Nc1cc(O)ccc1NS(=O)(=O)c1cc(Cl)ccc1Cl. The molecule has 0 saturated carbocycles. The number of rotatable bonds is 3. The second kappa shape index (κ2) is 5.40. The largest absolute Gasteiger partial charge is 0.508 e. The molecule has 0 saturated heterocycles. The number of sulfonamides is 1. The highest BCUT2D eigenvalue weighted by atomic mass is 35.5. The molecule has 0 bridgehead atoms. The summed E-state index contributed by atoms with van der Waals surface area (Å²) in [6.45, 7) is 0. The van der Waals surface area contributed by atoms with Crippen molar-refractivity contribution >= 4 is 44.6 Å². The van der Waals surface area contributed by atoms with Crippen LogP contribution in [-0.4, -0.2) is 13.5 Å². The van der Waals surface area contributed by atoms with Crippen LogP contribution in [0.15, 0.2) is 41.3 Å². The molecule has 0 heterocycles. The number of hydrogen-bond donors (Lipinski definition) is 3. The molecule has 0 unspecified atom stereocenters. The molecule has 2 rings (SSSR count). The quantitative estimate of drug-likeness (QED) is 0.594. The third kappa shape index (κ3) is 3.09. The standard InChI is InChI=1S/C12H10Cl2N2O3S/c13-7-1-3-9(14)12(5-7)20(18,19)16-11-4-2-8(17)6-10(11)15/h1-6,16-17H,15H2. The number of nitrogens with two attached hydrogens (primary N) is 1. The van der Waals surface area contributed by atoms with E-state index in [1.54, 1.807) is 0 Å². The van der Waals surface area contributed by atoms with Crippen LogP contribution in [0.4, 0.5) is 11.4 Å². The van der Waals surface area contributed by atoms with Gasteiger partial charge < -0.3 is 10.8 Å². The lowest BCUT2D eigenvalue weighted by molar-refractivity contribution is 0.475. The van der Waals surface area contributed by atoms with E-state index in [0.29, 0.717) is 0 Å². The molecule has 0 radical (unpaired) electrons. The van der Waals surface area contributed by atoms with Crippen molar-refractivity contribution < 1.29 is 13.5 Å². The molecule has 0 atom stereocenters. The van der Waals surface area contributed by atoms with Crippen LogP contribution in [0.25, 0.3) is 0 Å². The Bertz CT molecular complexity index is 763. The van der Waals surface area contributed by atoms with Gasteiger partial charge in [-0.1, -0.05) is 23.2 Å². The zero-order valence-electron chi connectivity index (χ0n) is 9.97. The Labute approximate surface area is 126 Å². The topological polar surface area (TPSA) is 92.4 Å². The Kier molecular flexibility index (Phi) is 3.99. The molecule has 8 heteroatoms. The normalized spacial score (nSPS) is 11.3. The van der Waals surface area contributed by atoms with E-state index in [2.05, 4.69) is 4.72 Å². The average molecular weight is 333 g/mol. The summed E-state index contributed by atoms with van der Waals surface area (Å²) in [6, 6.07) is 8.01. The van der Waals surface area contributed by atoms with E-state index in [-0.39, 0.29) is 32.1 Å². The zero-order valence-corrected chi connectivity index (χ0v) is 12.3. The van der Waals surface area contributed by atoms with Crippen molar-refractivity contribution in [3.63, 3.8) is 0 Å². The Morgan fingerprint density at radius 2 is 1.80 bits per heavy atom. The minimum Gasteiger partial charge on any atom is -0.508 e. The Morgan fingerprint density at radius 3 is 2.45 bits per heavy atom. The van der Waals surface area contributed by atoms with Crippen LogP contribution in [-0.2, 0) is 10.0 Å². The van der Waals surface area contributed by atoms with Gasteiger partial charge in [-0.25, -0.2) is 8.42 Å². The van der Waals surface area contributed by atoms with Gasteiger partial charge in [0.1, 0.15) is 10.6 Å². The van der Waals surface area contributed by atoms with Gasteiger partial charge in [-0.05, 0) is 30.3 Å². The highest BCUT2D eigenvalue weighted by Crippen LogP contribution is 2.29. The lowest BCUT2D eigenvalue weighted by atomic mass is 10.2. The number of phenolic OH excluding ortho intramolecular Hbond substituents is 1. The number of benzene rings is 2. The summed E-state index contributed by atoms with van der Waals surface area (Å²) in [5.41, 5.74) is 5.86. The summed E-state index contributed by atoms with van der Waals surface area (Å²) in [5.74, 6) is -0.0637. The van der Waals surface area contributed by atoms with Gasteiger partial charge in [0.25, 0.3) is 10.0 Å². The molecule has 5 nitrogen and oxygen atoms in total. The minimum absolute atomic E-state index is 0.0410. The van der Waals surface area contributed by atoms with Crippen molar-refractivity contribution in [2.45, 2.75) is 4.90 Å². The van der Waals surface area contributed by atoms with Crippen molar-refractivity contribution in [3.05, 3.63) is 46.4 Å². The van der Waals surface area contributed by atoms with Crippen LogP contribution >= 0.6 is 23.2 Å². The summed E-state index contributed by atoms with van der Waals surface area (Å²) < 4.78 is 26.8. The molecule has 4 N–H and O–H groups in total. The molecule has 20 heavy (non-hydrogen) atoms. The first kappa shape index (κ1) is 14.8. The van der Waals surface area contributed by atoms with Crippen LogP contribution in [0.1, 0.15) is 0 Å². The van der Waals surface area contributed by atoms with Crippen molar-refractivity contribution in [2.24, 2.45) is 0 Å². The fourth-order valence-electron chi connectivity index (χ4n) is 1.53. The predicted octanol–water partition coefficient (Wildman–Crippen LogP) is 3.08. The summed E-state index contributed by atoms with van der Waals surface area (Å²) in [6.07, 6.45) is 0. The van der Waals surface area contributed by atoms with E-state index in [1.807, 2.05) is 0 Å². The lowest BCUT2D eigenvalue weighted by Crippen LogP contribution is -2.14. The number of hydrogen-bond acceptors (Lipinski definition) is 4. The zero-order chi connectivity index (χ0) is 14.9. The Morgan fingerprint density at radius 1 is 1.10 bits per heavy atom. The highest BCUT2D eigenvalue weighted by molar-refractivity contribution is 7.92. The van der Waals surface area contributed by atoms with Crippen molar-refractivity contribution in [3.8, 4) is 5.75 Å². The predicted molar refractivity (Wildman–Crippen MR) is 79.8 cm³/mol. The van der Waals surface area contributed by atoms with E-state index in [0.717, 1.165) is 0 Å². The molecule has 0 spiro atoms. The number of anilines is 2. The van der Waals surface area contributed by atoms with Crippen LogP contribution in [0.5, 0.6) is 5.75 Å². The van der Waals surface area contributed by atoms with Gasteiger partial charge in [-0.15, -0.1) is 0 Å². The van der Waals surface area contributed by atoms with E-state index in [1.165, 1.54) is 36.4 Å². The first-order valence-electron chi connectivity index (χ1n) is 5.36. The van der Waals surface area contributed by atoms with Crippen molar-refractivity contribution in [1.82, 2.24) is 0 Å². The molecular weight excluding hydrogens is 323 g/mol. The van der Waals surface area contributed by atoms with Crippen LogP contribution in [0.3, 0.4) is 0 Å². The molecule has 0 aliphatic heterocycles. The maximum Gasteiger partial charge on any atom is 0.263 e. The first-order valence-corrected chi connectivity index (χ1v) is 7.60. The lowest BCUT2D eigenvalue weighted by Gasteiger charge is -2.11. The van der Waals surface area contributed by atoms with Gasteiger partial charge in [-0.2, -0.15) is 0 Å². The fraction of sp³-hybridized carbons (Fsp3) is 0. The van der Waals surface area contributed by atoms with Crippen LogP contribution in [0.2, 0.25) is 10.0 Å². The fourth-order valence-corrected chi connectivity index (χ4v) is 3.38. The molecule has 0 aliphatic carbocycles. The highest BCUT2D eigenvalue weighted by Gasteiger charge is 2.19. The number of halogens is 2. The number of phenols is 1. The third-order valence-corrected chi connectivity index (χ3v) is 4.54. The Balaban J connectivity index is 2.43. The van der Waals surface area contributed by atoms with Gasteiger partial charge in [-0.3, -0.25) is 4.72 Å². The first-order chi connectivity index (χ1) is 9.29. The van der Waals surface area contributed by atoms with Gasteiger partial charge in [0.15, 0.2) is 0 Å². The summed E-state index contributed by atoms with van der Waals surface area (Å²) >= 11 is 11.6. The maximum atomic E-state index is 12.2. The molecule has 0 fully saturated rings. The maximum absolute atomic E-state index is 12.2. The molecule has 106 valence electrons. The number of nitrogens with one attached hydrogen (secondary N) is 1. The molecular formula is C12H10Cl2N2O3S. The monoisotopic (exact) mass is 332 g/mol. The molecule has 2 aromatic rings.